The molecule has 0 saturated heterocycles. The number of hydrogen-bond acceptors (Lipinski definition) is 7. The average Bonchev–Trinajstić information content (AvgIpc) is 1.38. The number of aliphatic carboxylic acids is 1. The number of carbonyl (C=O) groups is 3. The first-order chi connectivity index (χ1) is 48.1. The number of quaternary nitrogens is 1. The number of hydrogen-bond donors (Lipinski definition) is 1. The number of carboxylic acids is 1. The molecular weight excluding hydrogens is 1210 g/mol. The predicted octanol–water partition coefficient (Wildman–Crippen LogP) is 28.7. The Kier molecular flexibility index (Phi) is 79.1. The number of esters is 2. The van der Waals surface area contributed by atoms with E-state index in [4.69, 9.17) is 18.9 Å². The zero-order valence-corrected chi connectivity index (χ0v) is 67.0. The first-order valence-corrected chi connectivity index (χ1v) is 44.4. The summed E-state index contributed by atoms with van der Waals surface area (Å²) in [5.41, 5.74) is 0. The summed E-state index contributed by atoms with van der Waals surface area (Å²) in [5, 5.41) is 9.79. The third-order valence-electron chi connectivity index (χ3n) is 20.8. The van der Waals surface area contributed by atoms with Crippen molar-refractivity contribution in [1.29, 1.82) is 0 Å². The Balaban J connectivity index is 3.89. The highest BCUT2D eigenvalue weighted by molar-refractivity contribution is 5.71. The van der Waals surface area contributed by atoms with E-state index in [0.29, 0.717) is 17.4 Å². The van der Waals surface area contributed by atoms with Crippen LogP contribution in [0.15, 0.2) is 12.2 Å². The predicted molar refractivity (Wildman–Crippen MR) is 425 cm³/mol. The number of likely N-dealkylation sites (N-methyl/N-ethyl adjacent to an activating group) is 1. The fraction of sp³-hybridized carbons (Fsp3) is 0.944. The number of rotatable bonds is 85. The van der Waals surface area contributed by atoms with Gasteiger partial charge >= 0.3 is 17.9 Å². The van der Waals surface area contributed by atoms with Crippen LogP contribution in [0.3, 0.4) is 0 Å². The van der Waals surface area contributed by atoms with Crippen molar-refractivity contribution in [2.75, 3.05) is 47.5 Å². The Morgan fingerprint density at radius 1 is 0.296 bits per heavy atom. The molecule has 2 atom stereocenters. The summed E-state index contributed by atoms with van der Waals surface area (Å²) in [6, 6.07) is 0. The van der Waals surface area contributed by atoms with Crippen molar-refractivity contribution in [3.63, 3.8) is 0 Å². The van der Waals surface area contributed by atoms with Crippen LogP contribution in [0.1, 0.15) is 483 Å². The minimum atomic E-state index is -1.51. The fourth-order valence-electron chi connectivity index (χ4n) is 14.0. The number of carbonyl (C=O) groups excluding carboxylic acids is 2. The average molecular weight is 1390 g/mol. The number of allylic oxidation sites excluding steroid dienone is 2. The monoisotopic (exact) mass is 1390 g/mol. The van der Waals surface area contributed by atoms with Crippen LogP contribution >= 0.6 is 0 Å². The first-order valence-electron chi connectivity index (χ1n) is 44.4. The second-order valence-electron chi connectivity index (χ2n) is 31.9. The van der Waals surface area contributed by atoms with Gasteiger partial charge in [-0.3, -0.25) is 9.59 Å². The summed E-state index contributed by atoms with van der Waals surface area (Å²) >= 11 is 0. The zero-order valence-electron chi connectivity index (χ0n) is 67.0. The SMILES string of the molecule is CCCCCCCCCC/C=C\CCCCCCCCCCCCCCCCCCCCCCCCCCCCCC(=O)OC(COC(=O)CCCCCCCCCCCCCCCCCCCCCCCCCCCCCCCCCCCC)COC(OCC[N+](C)(C)C)C(=O)O. The van der Waals surface area contributed by atoms with Gasteiger partial charge in [-0.2, -0.15) is 0 Å². The van der Waals surface area contributed by atoms with Gasteiger partial charge in [-0.05, 0) is 38.5 Å². The van der Waals surface area contributed by atoms with Gasteiger partial charge in [0, 0.05) is 12.8 Å². The molecular formula is C89H174NO8+. The maximum absolute atomic E-state index is 13.0. The highest BCUT2D eigenvalue weighted by Crippen LogP contribution is 2.21. The molecule has 0 spiro atoms. The highest BCUT2D eigenvalue weighted by Gasteiger charge is 2.25. The molecule has 0 heterocycles. The first kappa shape index (κ1) is 96.0. The fourth-order valence-corrected chi connectivity index (χ4v) is 14.0. The Bertz CT molecular complexity index is 1610. The lowest BCUT2D eigenvalue weighted by Gasteiger charge is -2.25. The quantitative estimate of drug-likeness (QED) is 0.0211. The van der Waals surface area contributed by atoms with Crippen LogP contribution in [0, 0.1) is 0 Å². The highest BCUT2D eigenvalue weighted by atomic mass is 16.7. The van der Waals surface area contributed by atoms with Crippen molar-refractivity contribution in [1.82, 2.24) is 0 Å². The topological polar surface area (TPSA) is 108 Å². The van der Waals surface area contributed by atoms with Crippen LogP contribution in [0.5, 0.6) is 0 Å². The van der Waals surface area contributed by atoms with Crippen molar-refractivity contribution < 1.29 is 42.9 Å². The van der Waals surface area contributed by atoms with Crippen molar-refractivity contribution in [2.45, 2.75) is 495 Å². The van der Waals surface area contributed by atoms with E-state index in [1.54, 1.807) is 0 Å². The van der Waals surface area contributed by atoms with Gasteiger partial charge in [0.25, 0.3) is 6.29 Å². The molecule has 2 unspecified atom stereocenters. The van der Waals surface area contributed by atoms with E-state index in [1.165, 1.54) is 417 Å². The van der Waals surface area contributed by atoms with E-state index in [9.17, 15) is 19.5 Å². The molecule has 0 aromatic carbocycles. The molecule has 0 amide bonds. The minimum absolute atomic E-state index is 0.172. The molecule has 0 bridgehead atoms. The molecule has 9 heteroatoms. The minimum Gasteiger partial charge on any atom is -0.477 e. The van der Waals surface area contributed by atoms with E-state index in [1.807, 2.05) is 21.1 Å². The largest absolute Gasteiger partial charge is 0.477 e. The van der Waals surface area contributed by atoms with Crippen LogP contribution in [0.2, 0.25) is 0 Å². The standard InChI is InChI=1S/C89H173NO8/c1-6-8-10-12-14-16-18-20-22-24-26-28-30-32-34-36-38-40-42-43-44-45-46-48-50-52-54-56-58-60-62-64-66-68-70-72-74-76-78-80-87(92)98-85(84-97-89(88(93)94)95-82-81-90(3,4)5)83-96-86(91)79-77-75-73-71-69-67-65-63-61-59-57-55-53-51-49-47-41-39-37-35-33-31-29-27-25-23-21-19-17-15-13-11-9-7-2/h24,26,85,89H,6-23,25,27-84H2,1-5H3/p+1/b26-24-. The van der Waals surface area contributed by atoms with Gasteiger partial charge in [0.2, 0.25) is 0 Å². The van der Waals surface area contributed by atoms with Crippen LogP contribution in [-0.2, 0) is 33.3 Å². The van der Waals surface area contributed by atoms with Gasteiger partial charge in [-0.25, -0.2) is 4.79 Å². The molecule has 0 aromatic rings. The van der Waals surface area contributed by atoms with Gasteiger partial charge in [-0.1, -0.05) is 443 Å². The van der Waals surface area contributed by atoms with Crippen molar-refractivity contribution in [2.24, 2.45) is 0 Å². The second kappa shape index (κ2) is 80.7. The second-order valence-corrected chi connectivity index (χ2v) is 31.9. The van der Waals surface area contributed by atoms with Crippen molar-refractivity contribution >= 4 is 17.9 Å². The lowest BCUT2D eigenvalue weighted by Crippen LogP contribution is -2.40. The summed E-state index contributed by atoms with van der Waals surface area (Å²) < 4.78 is 23.1. The molecule has 9 nitrogen and oxygen atoms in total. The Hall–Kier alpha value is -1.97. The van der Waals surface area contributed by atoms with Gasteiger partial charge in [-0.15, -0.1) is 0 Å². The van der Waals surface area contributed by atoms with E-state index in [2.05, 4.69) is 26.0 Å². The summed E-state index contributed by atoms with van der Waals surface area (Å²) in [7, 11) is 6.01. The molecule has 1 N–H and O–H groups in total. The lowest BCUT2D eigenvalue weighted by molar-refractivity contribution is -0.870. The van der Waals surface area contributed by atoms with Crippen LogP contribution in [-0.4, -0.2) is 87.4 Å². The molecule has 98 heavy (non-hydrogen) atoms. The summed E-state index contributed by atoms with van der Waals surface area (Å²) in [4.78, 5) is 37.8. The van der Waals surface area contributed by atoms with Crippen molar-refractivity contribution in [3.05, 3.63) is 12.2 Å². The van der Waals surface area contributed by atoms with E-state index in [-0.39, 0.29) is 38.2 Å². The normalized spacial score (nSPS) is 12.5. The zero-order chi connectivity index (χ0) is 71.1. The number of ether oxygens (including phenoxy) is 4. The number of unbranched alkanes of at least 4 members (excludes halogenated alkanes) is 68. The number of nitrogens with zero attached hydrogens (tertiary/aromatic N) is 1. The molecule has 0 radical (unpaired) electrons. The van der Waals surface area contributed by atoms with E-state index < -0.39 is 18.4 Å². The third kappa shape index (κ3) is 81.3. The maximum atomic E-state index is 13.0. The smallest absolute Gasteiger partial charge is 0.361 e. The molecule has 0 rings (SSSR count). The molecule has 582 valence electrons. The van der Waals surface area contributed by atoms with Crippen LogP contribution in [0.25, 0.3) is 0 Å². The molecule has 0 aliphatic carbocycles. The number of carboxylic acid groups (broad SMARTS) is 1. The van der Waals surface area contributed by atoms with Gasteiger partial charge < -0.3 is 28.5 Å². The Morgan fingerprint density at radius 2 is 0.520 bits per heavy atom. The summed E-state index contributed by atoms with van der Waals surface area (Å²) in [5.74, 6) is -1.96. The van der Waals surface area contributed by atoms with Crippen molar-refractivity contribution in [3.8, 4) is 0 Å². The van der Waals surface area contributed by atoms with E-state index >= 15 is 0 Å². The summed E-state index contributed by atoms with van der Waals surface area (Å²) in [6.45, 7) is 4.98. The van der Waals surface area contributed by atoms with E-state index in [0.717, 1.165) is 38.5 Å². The van der Waals surface area contributed by atoms with Gasteiger partial charge in [0.1, 0.15) is 13.2 Å². The molecule has 0 aromatic heterocycles. The molecule has 0 saturated carbocycles. The summed E-state index contributed by atoms with van der Waals surface area (Å²) in [6.07, 6.45) is 99.9. The lowest BCUT2D eigenvalue weighted by atomic mass is 10.0. The van der Waals surface area contributed by atoms with Gasteiger partial charge in [0.15, 0.2) is 6.10 Å². The molecule has 0 aliphatic rings. The maximum Gasteiger partial charge on any atom is 0.361 e. The Labute approximate surface area is 612 Å². The molecule has 0 fully saturated rings. The Morgan fingerprint density at radius 3 is 0.755 bits per heavy atom. The molecule has 0 aliphatic heterocycles. The van der Waals surface area contributed by atoms with Crippen LogP contribution < -0.4 is 0 Å². The third-order valence-corrected chi connectivity index (χ3v) is 20.8. The van der Waals surface area contributed by atoms with Gasteiger partial charge in [0.05, 0.1) is 34.4 Å². The van der Waals surface area contributed by atoms with Crippen LogP contribution in [0.4, 0.5) is 0 Å².